The molecule has 2 N–H and O–H groups in total. The second kappa shape index (κ2) is 5.60. The highest BCUT2D eigenvalue weighted by molar-refractivity contribution is 5.22. The first-order valence-electron chi connectivity index (χ1n) is 5.97. The quantitative estimate of drug-likeness (QED) is 0.870. The molecule has 1 heterocycles. The van der Waals surface area contributed by atoms with Crippen LogP contribution in [-0.2, 0) is 6.42 Å². The van der Waals surface area contributed by atoms with Gasteiger partial charge in [0.2, 0.25) is 0 Å². The topological polar surface area (TPSA) is 38.9 Å². The van der Waals surface area contributed by atoms with Crippen LogP contribution in [0.25, 0.3) is 0 Å². The highest BCUT2D eigenvalue weighted by Gasteiger charge is 2.05. The molecule has 0 aliphatic heterocycles. The van der Waals surface area contributed by atoms with Crippen molar-refractivity contribution in [1.29, 1.82) is 0 Å². The molecule has 0 bridgehead atoms. The van der Waals surface area contributed by atoms with Crippen LogP contribution < -0.4 is 5.73 Å². The van der Waals surface area contributed by atoms with E-state index in [9.17, 15) is 0 Å². The molecule has 2 aromatic rings. The summed E-state index contributed by atoms with van der Waals surface area (Å²) < 4.78 is 0. The zero-order valence-corrected chi connectivity index (χ0v) is 10.1. The van der Waals surface area contributed by atoms with Gasteiger partial charge in [0.05, 0.1) is 0 Å². The third-order valence-corrected chi connectivity index (χ3v) is 2.98. The highest BCUT2D eigenvalue weighted by atomic mass is 14.7. The van der Waals surface area contributed by atoms with Crippen LogP contribution in [-0.4, -0.2) is 4.98 Å². The number of hydrogen-bond acceptors (Lipinski definition) is 2. The minimum Gasteiger partial charge on any atom is -0.324 e. The highest BCUT2D eigenvalue weighted by Crippen LogP contribution is 2.15. The maximum absolute atomic E-state index is 6.13. The molecule has 0 radical (unpaired) electrons. The number of nitrogens with zero attached hydrogens (tertiary/aromatic N) is 1. The van der Waals surface area contributed by atoms with Gasteiger partial charge in [0.15, 0.2) is 0 Å². The number of hydrogen-bond donors (Lipinski definition) is 1. The zero-order valence-electron chi connectivity index (χ0n) is 10.1. The van der Waals surface area contributed by atoms with E-state index >= 15 is 0 Å². The summed E-state index contributed by atoms with van der Waals surface area (Å²) in [5.74, 6) is 0. The molecule has 2 rings (SSSR count). The summed E-state index contributed by atoms with van der Waals surface area (Å²) >= 11 is 0. The second-order valence-corrected chi connectivity index (χ2v) is 4.42. The lowest BCUT2D eigenvalue weighted by atomic mass is 10.0. The van der Waals surface area contributed by atoms with Crippen molar-refractivity contribution in [2.45, 2.75) is 25.8 Å². The SMILES string of the molecule is Cc1ccc(CCC(N)c2cccnc2)cc1. The minimum absolute atomic E-state index is 0.0741. The van der Waals surface area contributed by atoms with E-state index in [4.69, 9.17) is 5.73 Å². The summed E-state index contributed by atoms with van der Waals surface area (Å²) in [5.41, 5.74) is 9.88. The number of nitrogens with two attached hydrogens (primary N) is 1. The van der Waals surface area contributed by atoms with E-state index in [1.54, 1.807) is 6.20 Å². The molecule has 0 amide bonds. The lowest BCUT2D eigenvalue weighted by Gasteiger charge is -2.11. The molecule has 17 heavy (non-hydrogen) atoms. The summed E-state index contributed by atoms with van der Waals surface area (Å²) in [7, 11) is 0. The van der Waals surface area contributed by atoms with Gasteiger partial charge in [0.1, 0.15) is 0 Å². The van der Waals surface area contributed by atoms with E-state index in [1.165, 1.54) is 11.1 Å². The summed E-state index contributed by atoms with van der Waals surface area (Å²) in [6, 6.07) is 12.7. The number of rotatable bonds is 4. The van der Waals surface area contributed by atoms with Gasteiger partial charge in [0, 0.05) is 18.4 Å². The maximum atomic E-state index is 6.13. The number of pyridine rings is 1. The van der Waals surface area contributed by atoms with E-state index in [0.717, 1.165) is 18.4 Å². The first-order valence-corrected chi connectivity index (χ1v) is 5.97. The summed E-state index contributed by atoms with van der Waals surface area (Å²) in [4.78, 5) is 4.09. The second-order valence-electron chi connectivity index (χ2n) is 4.42. The van der Waals surface area contributed by atoms with Gasteiger partial charge in [-0.15, -0.1) is 0 Å². The van der Waals surface area contributed by atoms with Crippen molar-refractivity contribution < 1.29 is 0 Å². The molecule has 88 valence electrons. The van der Waals surface area contributed by atoms with Gasteiger partial charge < -0.3 is 5.73 Å². The Morgan fingerprint density at radius 1 is 1.18 bits per heavy atom. The molecule has 2 nitrogen and oxygen atoms in total. The standard InChI is InChI=1S/C15H18N2/c1-12-4-6-13(7-5-12)8-9-15(16)14-3-2-10-17-11-14/h2-7,10-11,15H,8-9,16H2,1H3. The van der Waals surface area contributed by atoms with Gasteiger partial charge in [-0.25, -0.2) is 0 Å². The summed E-state index contributed by atoms with van der Waals surface area (Å²) in [6.07, 6.45) is 5.58. The molecular formula is C15H18N2. The Labute approximate surface area is 103 Å². The molecule has 1 aromatic carbocycles. The van der Waals surface area contributed by atoms with Crippen LogP contribution in [0.1, 0.15) is 29.2 Å². The predicted octanol–water partition coefficient (Wildman–Crippen LogP) is 3.02. The largest absolute Gasteiger partial charge is 0.324 e. The molecule has 1 atom stereocenters. The van der Waals surface area contributed by atoms with Crippen molar-refractivity contribution >= 4 is 0 Å². The van der Waals surface area contributed by atoms with Crippen LogP contribution in [0.3, 0.4) is 0 Å². The molecule has 1 unspecified atom stereocenters. The van der Waals surface area contributed by atoms with Crippen molar-refractivity contribution in [3.63, 3.8) is 0 Å². The van der Waals surface area contributed by atoms with Crippen molar-refractivity contribution in [1.82, 2.24) is 4.98 Å². The minimum atomic E-state index is 0.0741. The monoisotopic (exact) mass is 226 g/mol. The van der Waals surface area contributed by atoms with E-state index in [0.29, 0.717) is 0 Å². The van der Waals surface area contributed by atoms with Crippen LogP contribution in [0.4, 0.5) is 0 Å². The Morgan fingerprint density at radius 3 is 2.59 bits per heavy atom. The lowest BCUT2D eigenvalue weighted by molar-refractivity contribution is 0.649. The van der Waals surface area contributed by atoms with Gasteiger partial charge in [-0.3, -0.25) is 4.98 Å². The van der Waals surface area contributed by atoms with Crippen molar-refractivity contribution in [2.75, 3.05) is 0 Å². The van der Waals surface area contributed by atoms with Crippen molar-refractivity contribution in [2.24, 2.45) is 5.73 Å². The maximum Gasteiger partial charge on any atom is 0.0315 e. The van der Waals surface area contributed by atoms with E-state index in [-0.39, 0.29) is 6.04 Å². The lowest BCUT2D eigenvalue weighted by Crippen LogP contribution is -2.11. The fourth-order valence-corrected chi connectivity index (χ4v) is 1.84. The molecule has 0 aliphatic rings. The Kier molecular flexibility index (Phi) is 3.89. The number of aryl methyl sites for hydroxylation is 2. The first-order chi connectivity index (χ1) is 8.25. The van der Waals surface area contributed by atoms with Gasteiger partial charge >= 0.3 is 0 Å². The third kappa shape index (κ3) is 3.40. The van der Waals surface area contributed by atoms with Crippen molar-refractivity contribution in [3.05, 3.63) is 65.5 Å². The summed E-state index contributed by atoms with van der Waals surface area (Å²) in [6.45, 7) is 2.10. The van der Waals surface area contributed by atoms with Crippen LogP contribution in [0, 0.1) is 6.92 Å². The van der Waals surface area contributed by atoms with Gasteiger partial charge in [0.25, 0.3) is 0 Å². The smallest absolute Gasteiger partial charge is 0.0315 e. The molecular weight excluding hydrogens is 208 g/mol. The third-order valence-electron chi connectivity index (χ3n) is 2.98. The van der Waals surface area contributed by atoms with Gasteiger partial charge in [-0.2, -0.15) is 0 Å². The van der Waals surface area contributed by atoms with Gasteiger partial charge in [-0.1, -0.05) is 35.9 Å². The predicted molar refractivity (Wildman–Crippen MR) is 70.7 cm³/mol. The molecule has 0 saturated carbocycles. The molecule has 0 saturated heterocycles. The van der Waals surface area contributed by atoms with Crippen LogP contribution in [0.15, 0.2) is 48.8 Å². The fourth-order valence-electron chi connectivity index (χ4n) is 1.84. The molecule has 0 fully saturated rings. The fraction of sp³-hybridized carbons (Fsp3) is 0.267. The zero-order chi connectivity index (χ0) is 12.1. The number of benzene rings is 1. The van der Waals surface area contributed by atoms with E-state index in [2.05, 4.69) is 36.2 Å². The normalized spacial score (nSPS) is 12.4. The van der Waals surface area contributed by atoms with Gasteiger partial charge in [-0.05, 0) is 37.0 Å². The Hall–Kier alpha value is -1.67. The van der Waals surface area contributed by atoms with Crippen molar-refractivity contribution in [3.8, 4) is 0 Å². The van der Waals surface area contributed by atoms with Crippen LogP contribution in [0.2, 0.25) is 0 Å². The molecule has 1 aromatic heterocycles. The molecule has 0 spiro atoms. The Balaban J connectivity index is 1.92. The van der Waals surface area contributed by atoms with E-state index in [1.807, 2.05) is 18.3 Å². The molecule has 0 aliphatic carbocycles. The Bertz CT molecular complexity index is 448. The average Bonchev–Trinajstić information content (AvgIpc) is 2.39. The summed E-state index contributed by atoms with van der Waals surface area (Å²) in [5, 5.41) is 0. The number of aromatic nitrogens is 1. The molecule has 2 heteroatoms. The Morgan fingerprint density at radius 2 is 1.94 bits per heavy atom. The van der Waals surface area contributed by atoms with Crippen LogP contribution in [0.5, 0.6) is 0 Å². The van der Waals surface area contributed by atoms with E-state index < -0.39 is 0 Å². The average molecular weight is 226 g/mol. The van der Waals surface area contributed by atoms with Crippen LogP contribution >= 0.6 is 0 Å². The first kappa shape index (κ1) is 11.8.